The van der Waals surface area contributed by atoms with Gasteiger partial charge in [-0.3, -0.25) is 0 Å². The van der Waals surface area contributed by atoms with Crippen molar-refractivity contribution < 1.29 is 9.84 Å². The zero-order chi connectivity index (χ0) is 14.7. The van der Waals surface area contributed by atoms with Crippen molar-refractivity contribution in [3.63, 3.8) is 0 Å². The number of rotatable bonds is 6. The van der Waals surface area contributed by atoms with Crippen molar-refractivity contribution in [3.05, 3.63) is 58.1 Å². The molecule has 0 aliphatic heterocycles. The molecule has 4 heteroatoms. The van der Waals surface area contributed by atoms with Crippen LogP contribution >= 0.6 is 15.9 Å². The van der Waals surface area contributed by atoms with Gasteiger partial charge >= 0.3 is 0 Å². The van der Waals surface area contributed by atoms with E-state index in [9.17, 15) is 5.11 Å². The number of benzene rings is 2. The quantitative estimate of drug-likeness (QED) is 0.830. The lowest BCUT2D eigenvalue weighted by atomic mass is 10.2. The molecule has 110 valence electrons. The minimum atomic E-state index is 0.265. The third kappa shape index (κ3) is 4.22. The van der Waals surface area contributed by atoms with E-state index in [4.69, 9.17) is 4.74 Å². The second-order valence-corrected chi connectivity index (χ2v) is 6.22. The van der Waals surface area contributed by atoms with Gasteiger partial charge < -0.3 is 15.2 Å². The van der Waals surface area contributed by atoms with Crippen LogP contribution in [0.15, 0.2) is 46.9 Å². The van der Waals surface area contributed by atoms with Crippen LogP contribution in [0.5, 0.6) is 11.5 Å². The molecule has 1 fully saturated rings. The molecule has 0 saturated heterocycles. The second kappa shape index (κ2) is 6.50. The third-order valence-corrected chi connectivity index (χ3v) is 4.27. The van der Waals surface area contributed by atoms with Crippen LogP contribution in [0.1, 0.15) is 24.0 Å². The van der Waals surface area contributed by atoms with Gasteiger partial charge in [0.1, 0.15) is 18.1 Å². The van der Waals surface area contributed by atoms with Crippen molar-refractivity contribution >= 4 is 15.9 Å². The summed E-state index contributed by atoms with van der Waals surface area (Å²) in [7, 11) is 0. The van der Waals surface area contributed by atoms with Gasteiger partial charge in [-0.15, -0.1) is 0 Å². The number of aromatic hydroxyl groups is 1. The normalized spacial score (nSPS) is 14.1. The van der Waals surface area contributed by atoms with Crippen molar-refractivity contribution in [1.29, 1.82) is 0 Å². The van der Waals surface area contributed by atoms with E-state index in [0.717, 1.165) is 22.3 Å². The van der Waals surface area contributed by atoms with E-state index >= 15 is 0 Å². The minimum absolute atomic E-state index is 0.265. The molecule has 2 N–H and O–H groups in total. The predicted molar refractivity (Wildman–Crippen MR) is 86.4 cm³/mol. The van der Waals surface area contributed by atoms with E-state index in [-0.39, 0.29) is 5.75 Å². The molecular formula is C17H18BrNO2. The Hall–Kier alpha value is -1.52. The zero-order valence-corrected chi connectivity index (χ0v) is 13.3. The second-order valence-electron chi connectivity index (χ2n) is 5.37. The number of hydrogen-bond donors (Lipinski definition) is 2. The lowest BCUT2D eigenvalue weighted by molar-refractivity contribution is 0.305. The molecule has 0 radical (unpaired) electrons. The summed E-state index contributed by atoms with van der Waals surface area (Å²) in [5.41, 5.74) is 2.16. The molecule has 0 spiro atoms. The lowest BCUT2D eigenvalue weighted by Gasteiger charge is -2.11. The molecule has 3 rings (SSSR count). The zero-order valence-electron chi connectivity index (χ0n) is 11.7. The Bertz CT molecular complexity index is 626. The average molecular weight is 348 g/mol. The topological polar surface area (TPSA) is 41.5 Å². The predicted octanol–water partition coefficient (Wildman–Crippen LogP) is 3.99. The number of ether oxygens (including phenoxy) is 1. The van der Waals surface area contributed by atoms with Gasteiger partial charge in [-0.05, 0) is 54.3 Å². The SMILES string of the molecule is Oc1cccc(COc2ccc(Br)c(CNC3CC3)c2)c1. The summed E-state index contributed by atoms with van der Waals surface area (Å²) < 4.78 is 6.90. The first kappa shape index (κ1) is 14.4. The van der Waals surface area contributed by atoms with E-state index < -0.39 is 0 Å². The van der Waals surface area contributed by atoms with Crippen LogP contribution in [0.2, 0.25) is 0 Å². The largest absolute Gasteiger partial charge is 0.508 e. The van der Waals surface area contributed by atoms with Gasteiger partial charge in [0.2, 0.25) is 0 Å². The molecular weight excluding hydrogens is 330 g/mol. The number of phenols is 1. The van der Waals surface area contributed by atoms with Gasteiger partial charge in [-0.1, -0.05) is 28.1 Å². The molecule has 0 bridgehead atoms. The Kier molecular flexibility index (Phi) is 4.46. The van der Waals surface area contributed by atoms with Gasteiger partial charge in [-0.2, -0.15) is 0 Å². The van der Waals surface area contributed by atoms with Crippen molar-refractivity contribution in [2.24, 2.45) is 0 Å². The molecule has 0 heterocycles. The van der Waals surface area contributed by atoms with Crippen molar-refractivity contribution in [1.82, 2.24) is 5.32 Å². The van der Waals surface area contributed by atoms with E-state index in [2.05, 4.69) is 27.3 Å². The fourth-order valence-electron chi connectivity index (χ4n) is 2.13. The Labute approximate surface area is 133 Å². The third-order valence-electron chi connectivity index (χ3n) is 3.49. The van der Waals surface area contributed by atoms with Crippen molar-refractivity contribution in [2.45, 2.75) is 32.0 Å². The first-order valence-electron chi connectivity index (χ1n) is 7.13. The maximum Gasteiger partial charge on any atom is 0.120 e. The summed E-state index contributed by atoms with van der Waals surface area (Å²) in [6, 6.07) is 13.8. The molecule has 1 aliphatic rings. The van der Waals surface area contributed by atoms with Crippen LogP contribution in [0.4, 0.5) is 0 Å². The van der Waals surface area contributed by atoms with Crippen LogP contribution in [-0.4, -0.2) is 11.1 Å². The summed E-state index contributed by atoms with van der Waals surface area (Å²) in [5, 5.41) is 13.0. The number of phenolic OH excluding ortho intramolecular Hbond substituents is 1. The smallest absolute Gasteiger partial charge is 0.120 e. The van der Waals surface area contributed by atoms with Crippen molar-refractivity contribution in [2.75, 3.05) is 0 Å². The molecule has 0 amide bonds. The number of halogens is 1. The molecule has 0 atom stereocenters. The fraction of sp³-hybridized carbons (Fsp3) is 0.294. The molecule has 1 aliphatic carbocycles. The molecule has 0 aromatic heterocycles. The summed E-state index contributed by atoms with van der Waals surface area (Å²) in [5.74, 6) is 1.11. The Morgan fingerprint density at radius 1 is 1.19 bits per heavy atom. The highest BCUT2D eigenvalue weighted by atomic mass is 79.9. The van der Waals surface area contributed by atoms with Crippen LogP contribution in [0.25, 0.3) is 0 Å². The van der Waals surface area contributed by atoms with E-state index in [1.54, 1.807) is 12.1 Å². The molecule has 21 heavy (non-hydrogen) atoms. The molecule has 2 aromatic carbocycles. The molecule has 1 saturated carbocycles. The highest BCUT2D eigenvalue weighted by molar-refractivity contribution is 9.10. The summed E-state index contributed by atoms with van der Waals surface area (Å²) in [4.78, 5) is 0. The van der Waals surface area contributed by atoms with Gasteiger partial charge in [0.05, 0.1) is 0 Å². The summed E-state index contributed by atoms with van der Waals surface area (Å²) in [6.07, 6.45) is 2.57. The lowest BCUT2D eigenvalue weighted by Crippen LogP contribution is -2.15. The molecule has 3 nitrogen and oxygen atoms in total. The average Bonchev–Trinajstić information content (AvgIpc) is 3.29. The van der Waals surface area contributed by atoms with E-state index in [1.165, 1.54) is 18.4 Å². The van der Waals surface area contributed by atoms with Crippen LogP contribution in [-0.2, 0) is 13.2 Å². The molecule has 0 unspecified atom stereocenters. The summed E-state index contributed by atoms with van der Waals surface area (Å²) >= 11 is 3.58. The Morgan fingerprint density at radius 2 is 2.05 bits per heavy atom. The Morgan fingerprint density at radius 3 is 2.81 bits per heavy atom. The van der Waals surface area contributed by atoms with Gasteiger partial charge in [0, 0.05) is 17.1 Å². The van der Waals surface area contributed by atoms with Gasteiger partial charge in [0.25, 0.3) is 0 Å². The first-order valence-corrected chi connectivity index (χ1v) is 7.92. The number of nitrogens with one attached hydrogen (secondary N) is 1. The van der Waals surface area contributed by atoms with Crippen LogP contribution in [0, 0.1) is 0 Å². The maximum absolute atomic E-state index is 9.45. The maximum atomic E-state index is 9.45. The van der Waals surface area contributed by atoms with Gasteiger partial charge in [0.15, 0.2) is 0 Å². The Balaban J connectivity index is 1.63. The van der Waals surface area contributed by atoms with E-state index in [1.807, 2.05) is 24.3 Å². The van der Waals surface area contributed by atoms with Gasteiger partial charge in [-0.25, -0.2) is 0 Å². The van der Waals surface area contributed by atoms with E-state index in [0.29, 0.717) is 12.6 Å². The molecule has 2 aromatic rings. The van der Waals surface area contributed by atoms with Crippen LogP contribution < -0.4 is 10.1 Å². The number of hydrogen-bond acceptors (Lipinski definition) is 3. The van der Waals surface area contributed by atoms with Crippen LogP contribution in [0.3, 0.4) is 0 Å². The monoisotopic (exact) mass is 347 g/mol. The summed E-state index contributed by atoms with van der Waals surface area (Å²) in [6.45, 7) is 1.31. The first-order chi connectivity index (χ1) is 10.2. The standard InChI is InChI=1S/C17H18BrNO2/c18-17-7-6-16(9-13(17)10-19-14-4-5-14)21-11-12-2-1-3-15(20)8-12/h1-3,6-9,14,19-20H,4-5,10-11H2. The fourth-order valence-corrected chi connectivity index (χ4v) is 2.52. The highest BCUT2D eigenvalue weighted by Gasteiger charge is 2.20. The van der Waals surface area contributed by atoms with Crippen molar-refractivity contribution in [3.8, 4) is 11.5 Å². The minimum Gasteiger partial charge on any atom is -0.508 e. The highest BCUT2D eigenvalue weighted by Crippen LogP contribution is 2.25.